The number of carbonyl (C=O) groups excluding carboxylic acids is 1. The van der Waals surface area contributed by atoms with Gasteiger partial charge in [-0.15, -0.1) is 0 Å². The molecule has 10 heavy (non-hydrogen) atoms. The molecule has 1 amide bonds. The third-order valence-corrected chi connectivity index (χ3v) is 1.07. The van der Waals surface area contributed by atoms with Gasteiger partial charge in [0.05, 0.1) is 6.54 Å². The number of hydrogen-bond acceptors (Lipinski definition) is 1. The number of quaternary nitrogens is 1. The van der Waals surface area contributed by atoms with Crippen molar-refractivity contribution in [2.75, 3.05) is 13.1 Å². The number of rotatable bonds is 4. The second-order valence-electron chi connectivity index (χ2n) is 2.62. The van der Waals surface area contributed by atoms with E-state index in [2.05, 4.69) is 5.32 Å². The number of amides is 1. The molecule has 0 aromatic rings. The standard InChI is InChI=1S/C7H16N2O/c1-4-8-5-7(10)9-6(2)3/h6,8H,4-5H2,1-3H3,(H,9,10)/p+1. The van der Waals surface area contributed by atoms with Crippen molar-refractivity contribution in [2.45, 2.75) is 26.8 Å². The Bertz CT molecular complexity index is 102. The number of nitrogens with two attached hydrogens (primary N) is 1. The Labute approximate surface area is 62.2 Å². The van der Waals surface area contributed by atoms with Gasteiger partial charge < -0.3 is 10.6 Å². The van der Waals surface area contributed by atoms with E-state index in [1.807, 2.05) is 26.1 Å². The first-order valence-electron chi connectivity index (χ1n) is 3.77. The van der Waals surface area contributed by atoms with Crippen LogP contribution in [0, 0.1) is 0 Å². The van der Waals surface area contributed by atoms with E-state index < -0.39 is 0 Å². The summed E-state index contributed by atoms with van der Waals surface area (Å²) in [6.45, 7) is 7.47. The van der Waals surface area contributed by atoms with Gasteiger partial charge in [0.2, 0.25) is 0 Å². The van der Waals surface area contributed by atoms with Crippen LogP contribution in [-0.4, -0.2) is 25.0 Å². The van der Waals surface area contributed by atoms with Crippen LogP contribution in [0.5, 0.6) is 0 Å². The molecule has 0 aromatic carbocycles. The molecule has 0 aliphatic heterocycles. The summed E-state index contributed by atoms with van der Waals surface area (Å²) in [7, 11) is 0. The fraction of sp³-hybridized carbons (Fsp3) is 0.857. The monoisotopic (exact) mass is 145 g/mol. The first-order chi connectivity index (χ1) is 4.66. The predicted octanol–water partition coefficient (Wildman–Crippen LogP) is -0.906. The lowest BCUT2D eigenvalue weighted by molar-refractivity contribution is -0.640. The van der Waals surface area contributed by atoms with Crippen molar-refractivity contribution in [1.82, 2.24) is 5.32 Å². The van der Waals surface area contributed by atoms with Gasteiger partial charge >= 0.3 is 0 Å². The van der Waals surface area contributed by atoms with Crippen molar-refractivity contribution in [3.8, 4) is 0 Å². The number of hydrogen-bond donors (Lipinski definition) is 2. The molecule has 0 aliphatic carbocycles. The van der Waals surface area contributed by atoms with Crippen LogP contribution >= 0.6 is 0 Å². The minimum absolute atomic E-state index is 0.122. The Morgan fingerprint density at radius 3 is 2.60 bits per heavy atom. The van der Waals surface area contributed by atoms with Crippen LogP contribution in [0.4, 0.5) is 0 Å². The Kier molecular flexibility index (Phi) is 4.94. The van der Waals surface area contributed by atoms with E-state index in [0.29, 0.717) is 6.54 Å². The summed E-state index contributed by atoms with van der Waals surface area (Å²) in [5.41, 5.74) is 0. The molecule has 60 valence electrons. The van der Waals surface area contributed by atoms with E-state index >= 15 is 0 Å². The van der Waals surface area contributed by atoms with Gasteiger partial charge in [-0.1, -0.05) is 0 Å². The molecular weight excluding hydrogens is 128 g/mol. The van der Waals surface area contributed by atoms with Crippen molar-refractivity contribution in [3.63, 3.8) is 0 Å². The lowest BCUT2D eigenvalue weighted by atomic mass is 10.4. The van der Waals surface area contributed by atoms with E-state index in [1.54, 1.807) is 0 Å². The van der Waals surface area contributed by atoms with E-state index in [1.165, 1.54) is 0 Å². The normalized spacial score (nSPS) is 10.0. The maximum absolute atomic E-state index is 10.9. The van der Waals surface area contributed by atoms with Gasteiger partial charge in [-0.3, -0.25) is 4.79 Å². The minimum atomic E-state index is 0.122. The second kappa shape index (κ2) is 5.23. The van der Waals surface area contributed by atoms with Gasteiger partial charge in [0.25, 0.3) is 5.91 Å². The minimum Gasteiger partial charge on any atom is -0.349 e. The predicted molar refractivity (Wildman–Crippen MR) is 40.6 cm³/mol. The molecule has 0 bridgehead atoms. The zero-order valence-electron chi connectivity index (χ0n) is 6.98. The highest BCUT2D eigenvalue weighted by atomic mass is 16.1. The Hall–Kier alpha value is -0.570. The van der Waals surface area contributed by atoms with Crippen LogP contribution in [0.25, 0.3) is 0 Å². The first-order valence-corrected chi connectivity index (χ1v) is 3.77. The molecule has 0 spiro atoms. The molecule has 0 unspecified atom stereocenters. The Balaban J connectivity index is 3.26. The van der Waals surface area contributed by atoms with Gasteiger partial charge in [0.15, 0.2) is 6.54 Å². The molecule has 0 radical (unpaired) electrons. The first kappa shape index (κ1) is 9.43. The molecule has 0 saturated heterocycles. The summed E-state index contributed by atoms with van der Waals surface area (Å²) >= 11 is 0. The van der Waals surface area contributed by atoms with Crippen LogP contribution in [-0.2, 0) is 4.79 Å². The lowest BCUT2D eigenvalue weighted by Crippen LogP contribution is -2.86. The van der Waals surface area contributed by atoms with E-state index in [0.717, 1.165) is 6.54 Å². The molecule has 0 atom stereocenters. The molecule has 0 aromatic heterocycles. The van der Waals surface area contributed by atoms with Crippen LogP contribution in [0.3, 0.4) is 0 Å². The van der Waals surface area contributed by atoms with E-state index in [-0.39, 0.29) is 11.9 Å². The summed E-state index contributed by atoms with van der Waals surface area (Å²) in [4.78, 5) is 10.9. The third-order valence-electron chi connectivity index (χ3n) is 1.07. The highest BCUT2D eigenvalue weighted by Gasteiger charge is 2.02. The van der Waals surface area contributed by atoms with Crippen molar-refractivity contribution in [1.29, 1.82) is 0 Å². The zero-order valence-corrected chi connectivity index (χ0v) is 6.98. The fourth-order valence-electron chi connectivity index (χ4n) is 0.656. The molecule has 0 rings (SSSR count). The molecule has 0 saturated carbocycles. The Morgan fingerprint density at radius 1 is 1.60 bits per heavy atom. The molecule has 3 nitrogen and oxygen atoms in total. The highest BCUT2D eigenvalue weighted by Crippen LogP contribution is 1.72. The number of nitrogens with one attached hydrogen (secondary N) is 1. The van der Waals surface area contributed by atoms with Crippen molar-refractivity contribution in [2.24, 2.45) is 0 Å². The summed E-state index contributed by atoms with van der Waals surface area (Å²) in [6, 6.07) is 0.262. The quantitative estimate of drug-likeness (QED) is 0.529. The summed E-state index contributed by atoms with van der Waals surface area (Å²) in [5.74, 6) is 0.122. The second-order valence-corrected chi connectivity index (χ2v) is 2.62. The lowest BCUT2D eigenvalue weighted by Gasteiger charge is -2.05. The van der Waals surface area contributed by atoms with E-state index in [4.69, 9.17) is 0 Å². The smallest absolute Gasteiger partial charge is 0.275 e. The van der Waals surface area contributed by atoms with Gasteiger partial charge in [-0.2, -0.15) is 0 Å². The topological polar surface area (TPSA) is 45.7 Å². The molecule has 0 fully saturated rings. The van der Waals surface area contributed by atoms with Gasteiger partial charge in [-0.05, 0) is 20.8 Å². The van der Waals surface area contributed by atoms with Crippen molar-refractivity contribution < 1.29 is 10.1 Å². The maximum atomic E-state index is 10.9. The largest absolute Gasteiger partial charge is 0.349 e. The summed E-state index contributed by atoms with van der Waals surface area (Å²) < 4.78 is 0. The van der Waals surface area contributed by atoms with Crippen LogP contribution < -0.4 is 10.6 Å². The van der Waals surface area contributed by atoms with E-state index in [9.17, 15) is 4.79 Å². The summed E-state index contributed by atoms with van der Waals surface area (Å²) in [5, 5.41) is 4.78. The Morgan fingerprint density at radius 2 is 2.20 bits per heavy atom. The average molecular weight is 145 g/mol. The molecule has 3 N–H and O–H groups in total. The third kappa shape index (κ3) is 5.56. The fourth-order valence-corrected chi connectivity index (χ4v) is 0.656. The molecule has 3 heteroatoms. The summed E-state index contributed by atoms with van der Waals surface area (Å²) in [6.07, 6.45) is 0. The van der Waals surface area contributed by atoms with Gasteiger partial charge in [-0.25, -0.2) is 0 Å². The number of carbonyl (C=O) groups is 1. The van der Waals surface area contributed by atoms with Crippen molar-refractivity contribution >= 4 is 5.91 Å². The molecule has 0 aliphatic rings. The maximum Gasteiger partial charge on any atom is 0.275 e. The van der Waals surface area contributed by atoms with Crippen LogP contribution in [0.1, 0.15) is 20.8 Å². The SMILES string of the molecule is CC[NH2+]CC(=O)NC(C)C. The molecular formula is C7H17N2O+. The molecule has 0 heterocycles. The zero-order chi connectivity index (χ0) is 7.98. The van der Waals surface area contributed by atoms with Crippen LogP contribution in [0.15, 0.2) is 0 Å². The highest BCUT2D eigenvalue weighted by molar-refractivity contribution is 5.76. The van der Waals surface area contributed by atoms with Gasteiger partial charge in [0.1, 0.15) is 0 Å². The number of likely N-dealkylation sites (N-methyl/N-ethyl adjacent to an activating group) is 1. The van der Waals surface area contributed by atoms with Crippen LogP contribution in [0.2, 0.25) is 0 Å². The van der Waals surface area contributed by atoms with Crippen molar-refractivity contribution in [3.05, 3.63) is 0 Å². The van der Waals surface area contributed by atoms with Gasteiger partial charge in [0, 0.05) is 6.04 Å². The average Bonchev–Trinajstić information content (AvgIpc) is 1.82.